The number of nitrogens with one attached hydrogen (secondary N) is 1. The number of nitrogen functional groups attached to an aromatic ring is 1. The standard InChI is InChI=1S/C13H21N3O3S/c1-16-5-6-19-13(9-16)8-15-20(17,18)10-11-3-2-4-12(14)7-11/h2-4,7,13,15H,5-6,8-10,14H2,1H3. The quantitative estimate of drug-likeness (QED) is 0.749. The lowest BCUT2D eigenvalue weighted by atomic mass is 10.2. The number of nitrogens with zero attached hydrogens (tertiary/aromatic N) is 1. The van der Waals surface area contributed by atoms with Crippen LogP contribution in [0, 0.1) is 0 Å². The number of benzene rings is 1. The van der Waals surface area contributed by atoms with Gasteiger partial charge in [0.1, 0.15) is 0 Å². The van der Waals surface area contributed by atoms with E-state index in [4.69, 9.17) is 10.5 Å². The van der Waals surface area contributed by atoms with Crippen LogP contribution in [0.25, 0.3) is 0 Å². The van der Waals surface area contributed by atoms with Gasteiger partial charge in [0.25, 0.3) is 0 Å². The second-order valence-electron chi connectivity index (χ2n) is 5.11. The van der Waals surface area contributed by atoms with Gasteiger partial charge in [-0.2, -0.15) is 0 Å². The Morgan fingerprint density at radius 2 is 2.30 bits per heavy atom. The predicted molar refractivity (Wildman–Crippen MR) is 78.7 cm³/mol. The first-order valence-corrected chi connectivity index (χ1v) is 8.22. The van der Waals surface area contributed by atoms with Gasteiger partial charge in [-0.3, -0.25) is 0 Å². The minimum atomic E-state index is -3.37. The van der Waals surface area contributed by atoms with Crippen molar-refractivity contribution in [2.24, 2.45) is 0 Å². The topological polar surface area (TPSA) is 84.7 Å². The minimum Gasteiger partial charge on any atom is -0.399 e. The zero-order valence-electron chi connectivity index (χ0n) is 11.6. The Morgan fingerprint density at radius 1 is 1.50 bits per heavy atom. The smallest absolute Gasteiger partial charge is 0.215 e. The second-order valence-corrected chi connectivity index (χ2v) is 6.91. The van der Waals surface area contributed by atoms with E-state index in [0.29, 0.717) is 24.4 Å². The fourth-order valence-corrected chi connectivity index (χ4v) is 3.32. The van der Waals surface area contributed by atoms with Crippen molar-refractivity contribution in [2.75, 3.05) is 39.0 Å². The summed E-state index contributed by atoms with van der Waals surface area (Å²) in [7, 11) is -1.38. The van der Waals surface area contributed by atoms with E-state index in [9.17, 15) is 8.42 Å². The van der Waals surface area contributed by atoms with Crippen LogP contribution < -0.4 is 10.5 Å². The summed E-state index contributed by atoms with van der Waals surface area (Å²) in [5.74, 6) is -0.0688. The summed E-state index contributed by atoms with van der Waals surface area (Å²) in [6, 6.07) is 6.90. The predicted octanol–water partition coefficient (Wildman–Crippen LogP) is 0.0188. The number of hydrogen-bond acceptors (Lipinski definition) is 5. The van der Waals surface area contributed by atoms with E-state index in [0.717, 1.165) is 13.1 Å². The highest BCUT2D eigenvalue weighted by molar-refractivity contribution is 7.88. The molecular formula is C13H21N3O3S. The number of nitrogens with two attached hydrogens (primary N) is 1. The zero-order chi connectivity index (χ0) is 14.6. The van der Waals surface area contributed by atoms with E-state index in [1.165, 1.54) is 0 Å². The third-order valence-corrected chi connectivity index (χ3v) is 4.50. The highest BCUT2D eigenvalue weighted by Gasteiger charge is 2.20. The molecule has 0 spiro atoms. The van der Waals surface area contributed by atoms with Gasteiger partial charge in [0.15, 0.2) is 0 Å². The first kappa shape index (κ1) is 15.2. The molecule has 0 aliphatic carbocycles. The molecule has 1 aliphatic heterocycles. The lowest BCUT2D eigenvalue weighted by Crippen LogP contribution is -2.46. The van der Waals surface area contributed by atoms with Gasteiger partial charge in [0.05, 0.1) is 18.5 Å². The maximum Gasteiger partial charge on any atom is 0.215 e. The lowest BCUT2D eigenvalue weighted by molar-refractivity contribution is -0.0156. The normalized spacial score (nSPS) is 20.9. The Kier molecular flexibility index (Phi) is 4.98. The molecule has 1 aromatic rings. The molecule has 20 heavy (non-hydrogen) atoms. The van der Waals surface area contributed by atoms with Crippen LogP contribution in [0.5, 0.6) is 0 Å². The Balaban J connectivity index is 1.87. The van der Waals surface area contributed by atoms with Gasteiger partial charge in [0.2, 0.25) is 10.0 Å². The summed E-state index contributed by atoms with van der Waals surface area (Å²) < 4.78 is 32.2. The van der Waals surface area contributed by atoms with Crippen molar-refractivity contribution in [1.82, 2.24) is 9.62 Å². The van der Waals surface area contributed by atoms with Crippen molar-refractivity contribution in [1.29, 1.82) is 0 Å². The third kappa shape index (κ3) is 4.75. The molecule has 3 N–H and O–H groups in total. The van der Waals surface area contributed by atoms with Crippen LogP contribution in [-0.2, 0) is 20.5 Å². The van der Waals surface area contributed by atoms with E-state index in [1.54, 1.807) is 24.3 Å². The van der Waals surface area contributed by atoms with Crippen LogP contribution in [0.4, 0.5) is 5.69 Å². The third-order valence-electron chi connectivity index (χ3n) is 3.18. The maximum absolute atomic E-state index is 12.0. The zero-order valence-corrected chi connectivity index (χ0v) is 12.4. The van der Waals surface area contributed by atoms with Gasteiger partial charge in [-0.15, -0.1) is 0 Å². The summed E-state index contributed by atoms with van der Waals surface area (Å²) in [6.45, 7) is 2.56. The lowest BCUT2D eigenvalue weighted by Gasteiger charge is -2.30. The van der Waals surface area contributed by atoms with Crippen molar-refractivity contribution in [2.45, 2.75) is 11.9 Å². The maximum atomic E-state index is 12.0. The highest BCUT2D eigenvalue weighted by Crippen LogP contribution is 2.10. The molecule has 1 fully saturated rings. The Morgan fingerprint density at radius 3 is 3.00 bits per heavy atom. The number of rotatable bonds is 5. The SMILES string of the molecule is CN1CCOC(CNS(=O)(=O)Cc2cccc(N)c2)C1. The van der Waals surface area contributed by atoms with E-state index in [-0.39, 0.29) is 11.9 Å². The molecule has 0 amide bonds. The van der Waals surface area contributed by atoms with Crippen molar-refractivity contribution in [3.05, 3.63) is 29.8 Å². The number of morpholine rings is 1. The number of ether oxygens (including phenoxy) is 1. The van der Waals surface area contributed by atoms with Crippen molar-refractivity contribution in [3.8, 4) is 0 Å². The molecule has 0 radical (unpaired) electrons. The average molecular weight is 299 g/mol. The molecule has 1 heterocycles. The number of sulfonamides is 1. The van der Waals surface area contributed by atoms with Crippen LogP contribution in [0.15, 0.2) is 24.3 Å². The average Bonchev–Trinajstić information content (AvgIpc) is 2.36. The second kappa shape index (κ2) is 6.53. The fraction of sp³-hybridized carbons (Fsp3) is 0.538. The van der Waals surface area contributed by atoms with E-state index in [1.807, 2.05) is 7.05 Å². The molecule has 112 valence electrons. The molecule has 2 rings (SSSR count). The van der Waals surface area contributed by atoms with Crippen LogP contribution in [0.1, 0.15) is 5.56 Å². The van der Waals surface area contributed by atoms with Gasteiger partial charge in [-0.1, -0.05) is 12.1 Å². The molecule has 7 heteroatoms. The molecule has 1 atom stereocenters. The van der Waals surface area contributed by atoms with Crippen LogP contribution in [-0.4, -0.2) is 52.7 Å². The van der Waals surface area contributed by atoms with Crippen molar-refractivity contribution in [3.63, 3.8) is 0 Å². The van der Waals surface area contributed by atoms with E-state index >= 15 is 0 Å². The minimum absolute atomic E-state index is 0.0688. The van der Waals surface area contributed by atoms with Gasteiger partial charge < -0.3 is 15.4 Å². The van der Waals surface area contributed by atoms with Crippen molar-refractivity contribution < 1.29 is 13.2 Å². The molecule has 6 nitrogen and oxygen atoms in total. The van der Waals surface area contributed by atoms with E-state index in [2.05, 4.69) is 9.62 Å². The van der Waals surface area contributed by atoms with Crippen LogP contribution in [0.2, 0.25) is 0 Å². The summed E-state index contributed by atoms with van der Waals surface area (Å²) in [5.41, 5.74) is 6.89. The summed E-state index contributed by atoms with van der Waals surface area (Å²) in [5, 5.41) is 0. The van der Waals surface area contributed by atoms with Gasteiger partial charge in [0, 0.05) is 25.3 Å². The van der Waals surface area contributed by atoms with Crippen LogP contribution >= 0.6 is 0 Å². The summed E-state index contributed by atoms with van der Waals surface area (Å²) in [6.07, 6.45) is -0.0932. The van der Waals surface area contributed by atoms with Crippen molar-refractivity contribution >= 4 is 15.7 Å². The number of hydrogen-bond donors (Lipinski definition) is 2. The Bertz CT molecular complexity index is 548. The summed E-state index contributed by atoms with van der Waals surface area (Å²) in [4.78, 5) is 2.13. The molecule has 0 bridgehead atoms. The number of anilines is 1. The molecule has 1 aliphatic rings. The van der Waals surface area contributed by atoms with Gasteiger partial charge in [-0.25, -0.2) is 13.1 Å². The first-order chi connectivity index (χ1) is 9.44. The molecule has 1 aromatic carbocycles. The molecule has 1 unspecified atom stereocenters. The number of likely N-dealkylation sites (N-methyl/N-ethyl adjacent to an activating group) is 1. The first-order valence-electron chi connectivity index (χ1n) is 6.56. The van der Waals surface area contributed by atoms with Gasteiger partial charge in [-0.05, 0) is 24.7 Å². The fourth-order valence-electron chi connectivity index (χ4n) is 2.16. The van der Waals surface area contributed by atoms with Gasteiger partial charge >= 0.3 is 0 Å². The molecule has 0 saturated carbocycles. The summed E-state index contributed by atoms with van der Waals surface area (Å²) >= 11 is 0. The largest absolute Gasteiger partial charge is 0.399 e. The molecule has 1 saturated heterocycles. The van der Waals surface area contributed by atoms with E-state index < -0.39 is 10.0 Å². The highest BCUT2D eigenvalue weighted by atomic mass is 32.2. The van der Waals surface area contributed by atoms with Crippen LogP contribution in [0.3, 0.4) is 0 Å². The monoisotopic (exact) mass is 299 g/mol. The molecular weight excluding hydrogens is 278 g/mol. The Labute approximate surface area is 120 Å². The Hall–Kier alpha value is -1.15. The molecule has 0 aromatic heterocycles.